The first-order chi connectivity index (χ1) is 9.25. The fraction of sp³-hybridized carbons (Fsp3) is 0.467. The first-order valence-electron chi connectivity index (χ1n) is 6.93. The Morgan fingerprint density at radius 3 is 2.68 bits per heavy atom. The summed E-state index contributed by atoms with van der Waals surface area (Å²) < 4.78 is 0. The van der Waals surface area contributed by atoms with Crippen LogP contribution in [0.2, 0.25) is 0 Å². The highest BCUT2D eigenvalue weighted by atomic mass is 16.5. The van der Waals surface area contributed by atoms with Gasteiger partial charge in [-0.25, -0.2) is 4.99 Å². The molecule has 0 aromatic heterocycles. The van der Waals surface area contributed by atoms with E-state index in [1.807, 2.05) is 24.3 Å². The number of para-hydroxylation sites is 1. The van der Waals surface area contributed by atoms with Gasteiger partial charge in [0, 0.05) is 11.1 Å². The van der Waals surface area contributed by atoms with E-state index in [0.717, 1.165) is 28.8 Å². The maximum absolute atomic E-state index is 11.7. The van der Waals surface area contributed by atoms with Gasteiger partial charge in [0.15, 0.2) is 0 Å². The number of carbonyl (C=O) groups is 1. The third-order valence-electron chi connectivity index (χ3n) is 3.98. The summed E-state index contributed by atoms with van der Waals surface area (Å²) in [7, 11) is 0. The van der Waals surface area contributed by atoms with Crippen LogP contribution in [0.3, 0.4) is 0 Å². The second-order valence-electron chi connectivity index (χ2n) is 5.30. The lowest BCUT2D eigenvalue weighted by molar-refractivity contribution is -0.126. The first-order valence-corrected chi connectivity index (χ1v) is 6.93. The van der Waals surface area contributed by atoms with Crippen molar-refractivity contribution in [1.29, 1.82) is 0 Å². The van der Waals surface area contributed by atoms with Gasteiger partial charge >= 0.3 is 0 Å². The summed E-state index contributed by atoms with van der Waals surface area (Å²) in [5, 5.41) is 12.9. The van der Waals surface area contributed by atoms with Gasteiger partial charge in [-0.15, -0.1) is 0 Å². The van der Waals surface area contributed by atoms with Crippen LogP contribution in [-0.4, -0.2) is 22.7 Å². The van der Waals surface area contributed by atoms with Gasteiger partial charge in [-0.1, -0.05) is 37.5 Å². The van der Waals surface area contributed by atoms with Gasteiger partial charge in [0.25, 0.3) is 5.91 Å². The minimum atomic E-state index is -0.291. The predicted molar refractivity (Wildman–Crippen MR) is 70.7 cm³/mol. The molecule has 1 heterocycles. The Labute approximate surface area is 112 Å². The average Bonchev–Trinajstić information content (AvgIpc) is 2.54. The summed E-state index contributed by atoms with van der Waals surface area (Å²) in [6, 6.07) is 7.60. The molecule has 4 heteroatoms. The Bertz CT molecular complexity index is 603. The van der Waals surface area contributed by atoms with Crippen LogP contribution >= 0.6 is 0 Å². The summed E-state index contributed by atoms with van der Waals surface area (Å²) in [6.07, 6.45) is 5.80. The van der Waals surface area contributed by atoms with E-state index in [1.54, 1.807) is 0 Å². The minimum absolute atomic E-state index is 0.0412. The fourth-order valence-corrected chi connectivity index (χ4v) is 3.12. The molecule has 0 saturated heterocycles. The van der Waals surface area contributed by atoms with Gasteiger partial charge in [-0.3, -0.25) is 15.1 Å². The molecule has 0 bridgehead atoms. The standard InChI is InChI=1S/C15H18N2O2/c18-14-10-17(19)15(11-6-2-1-3-7-11)12-8-4-5-9-13(12)16-14/h4-5,8-9,11,19H,1-3,6-7,10H2. The summed E-state index contributed by atoms with van der Waals surface area (Å²) in [4.78, 5) is 15.8. The van der Waals surface area contributed by atoms with Gasteiger partial charge in [0.1, 0.15) is 6.54 Å². The largest absolute Gasteiger partial charge is 0.288 e. The van der Waals surface area contributed by atoms with Gasteiger partial charge in [-0.2, -0.15) is 0 Å². The zero-order valence-corrected chi connectivity index (χ0v) is 10.9. The van der Waals surface area contributed by atoms with E-state index in [4.69, 9.17) is 0 Å². The predicted octanol–water partition coefficient (Wildman–Crippen LogP) is 1.23. The average molecular weight is 258 g/mol. The quantitative estimate of drug-likeness (QED) is 0.824. The van der Waals surface area contributed by atoms with Crippen LogP contribution < -0.4 is 10.6 Å². The van der Waals surface area contributed by atoms with E-state index in [9.17, 15) is 10.0 Å². The number of hydrogen-bond donors (Lipinski definition) is 1. The zero-order valence-electron chi connectivity index (χ0n) is 10.9. The Balaban J connectivity index is 2.20. The van der Waals surface area contributed by atoms with Crippen LogP contribution in [-0.2, 0) is 4.79 Å². The van der Waals surface area contributed by atoms with E-state index in [1.165, 1.54) is 19.3 Å². The summed E-state index contributed by atoms with van der Waals surface area (Å²) in [5.41, 5.74) is 0.880. The van der Waals surface area contributed by atoms with Crippen molar-refractivity contribution < 1.29 is 10.0 Å². The van der Waals surface area contributed by atoms with Crippen LogP contribution in [0.4, 0.5) is 0 Å². The fourth-order valence-electron chi connectivity index (χ4n) is 3.12. The first kappa shape index (κ1) is 12.4. The number of fused-ring (bicyclic) bond motifs is 1. The van der Waals surface area contributed by atoms with Crippen molar-refractivity contribution in [3.05, 3.63) is 34.8 Å². The molecule has 1 N–H and O–H groups in total. The Hall–Kier alpha value is -1.68. The van der Waals surface area contributed by atoms with Crippen molar-refractivity contribution in [2.24, 2.45) is 10.9 Å². The molecule has 0 atom stereocenters. The number of nitrogens with zero attached hydrogens (tertiary/aromatic N) is 2. The normalized spacial score (nSPS) is 20.8. The van der Waals surface area contributed by atoms with E-state index in [0.29, 0.717) is 11.3 Å². The van der Waals surface area contributed by atoms with E-state index >= 15 is 0 Å². The van der Waals surface area contributed by atoms with Gasteiger partial charge < -0.3 is 0 Å². The Kier molecular flexibility index (Phi) is 3.34. The van der Waals surface area contributed by atoms with Crippen LogP contribution in [0.25, 0.3) is 5.70 Å². The van der Waals surface area contributed by atoms with Crippen molar-refractivity contribution in [3.63, 3.8) is 0 Å². The van der Waals surface area contributed by atoms with Crippen LogP contribution in [0, 0.1) is 5.92 Å². The molecule has 1 aliphatic carbocycles. The Morgan fingerprint density at radius 2 is 1.89 bits per heavy atom. The van der Waals surface area contributed by atoms with E-state index in [-0.39, 0.29) is 12.5 Å². The second kappa shape index (κ2) is 5.13. The molecule has 0 unspecified atom stereocenters. The van der Waals surface area contributed by atoms with Crippen molar-refractivity contribution in [2.45, 2.75) is 32.1 Å². The number of hydroxylamine groups is 2. The molecular formula is C15H18N2O2. The molecule has 100 valence electrons. The molecule has 3 rings (SSSR count). The molecule has 1 aliphatic heterocycles. The molecule has 1 saturated carbocycles. The molecule has 1 aromatic carbocycles. The number of amides is 1. The third-order valence-corrected chi connectivity index (χ3v) is 3.98. The lowest BCUT2D eigenvalue weighted by Gasteiger charge is -2.29. The lowest BCUT2D eigenvalue weighted by Crippen LogP contribution is -2.35. The van der Waals surface area contributed by atoms with Gasteiger partial charge in [-0.05, 0) is 18.9 Å². The van der Waals surface area contributed by atoms with Crippen molar-refractivity contribution in [1.82, 2.24) is 5.06 Å². The lowest BCUT2D eigenvalue weighted by atomic mass is 9.86. The number of rotatable bonds is 1. The molecule has 1 amide bonds. The van der Waals surface area contributed by atoms with Crippen LogP contribution in [0.1, 0.15) is 32.1 Å². The summed E-state index contributed by atoms with van der Waals surface area (Å²) >= 11 is 0. The smallest absolute Gasteiger partial charge is 0.268 e. The highest BCUT2D eigenvalue weighted by molar-refractivity contribution is 5.80. The maximum atomic E-state index is 11.7. The second-order valence-corrected chi connectivity index (χ2v) is 5.30. The highest BCUT2D eigenvalue weighted by Crippen LogP contribution is 2.31. The number of hydrogen-bond acceptors (Lipinski definition) is 3. The monoisotopic (exact) mass is 258 g/mol. The Morgan fingerprint density at radius 1 is 1.16 bits per heavy atom. The van der Waals surface area contributed by atoms with Crippen molar-refractivity contribution in [3.8, 4) is 0 Å². The van der Waals surface area contributed by atoms with Crippen LogP contribution in [0.5, 0.6) is 0 Å². The van der Waals surface area contributed by atoms with Gasteiger partial charge in [0.05, 0.1) is 11.1 Å². The summed E-state index contributed by atoms with van der Waals surface area (Å²) in [5.74, 6) is 0.0433. The minimum Gasteiger partial charge on any atom is -0.288 e. The van der Waals surface area contributed by atoms with Crippen LogP contribution in [0.15, 0.2) is 29.3 Å². The molecule has 4 nitrogen and oxygen atoms in total. The van der Waals surface area contributed by atoms with Crippen molar-refractivity contribution >= 4 is 11.6 Å². The number of benzene rings is 1. The molecule has 1 aromatic rings. The summed E-state index contributed by atoms with van der Waals surface area (Å²) in [6.45, 7) is -0.0412. The topological polar surface area (TPSA) is 52.9 Å². The van der Waals surface area contributed by atoms with Gasteiger partial charge in [0.2, 0.25) is 0 Å². The highest BCUT2D eigenvalue weighted by Gasteiger charge is 2.25. The molecule has 2 aliphatic rings. The maximum Gasteiger partial charge on any atom is 0.268 e. The van der Waals surface area contributed by atoms with E-state index in [2.05, 4.69) is 4.99 Å². The molecular weight excluding hydrogens is 240 g/mol. The zero-order chi connectivity index (χ0) is 13.2. The molecule has 0 spiro atoms. The SMILES string of the molecule is O=C1CN(O)C(C2CCCCC2)=c2ccccc2=N1. The molecule has 0 radical (unpaired) electrons. The molecule has 19 heavy (non-hydrogen) atoms. The van der Waals surface area contributed by atoms with Crippen molar-refractivity contribution in [2.75, 3.05) is 6.54 Å². The number of carbonyl (C=O) groups excluding carboxylic acids is 1. The van der Waals surface area contributed by atoms with E-state index < -0.39 is 0 Å². The third kappa shape index (κ3) is 2.40. The molecule has 1 fully saturated rings.